The molecule has 0 saturated carbocycles. The first-order valence-corrected chi connectivity index (χ1v) is 8.94. The standard InChI is InChI=1S/C17H12ClN7OS/c1-10(15-22-9-23-25(15)17-21-8-14(7-20)27-17)24-16(26)12-4-11(2-3-19)5-13(18)6-12/h4-6,8-10H,2H2,1H3,(H,24,26)/t10-/m0/s1. The van der Waals surface area contributed by atoms with Gasteiger partial charge in [0, 0.05) is 10.6 Å². The van der Waals surface area contributed by atoms with E-state index in [4.69, 9.17) is 22.1 Å². The molecule has 0 radical (unpaired) electrons. The smallest absolute Gasteiger partial charge is 0.251 e. The van der Waals surface area contributed by atoms with E-state index in [1.54, 1.807) is 19.1 Å². The van der Waals surface area contributed by atoms with Crippen LogP contribution < -0.4 is 5.32 Å². The third kappa shape index (κ3) is 4.11. The average Bonchev–Trinajstić information content (AvgIpc) is 3.30. The van der Waals surface area contributed by atoms with Gasteiger partial charge >= 0.3 is 0 Å². The molecule has 0 spiro atoms. The Labute approximate surface area is 163 Å². The first-order valence-electron chi connectivity index (χ1n) is 7.75. The molecule has 1 amide bonds. The van der Waals surface area contributed by atoms with Gasteiger partial charge in [-0.3, -0.25) is 4.79 Å². The molecule has 0 aliphatic rings. The van der Waals surface area contributed by atoms with Gasteiger partial charge in [0.15, 0.2) is 5.82 Å². The van der Waals surface area contributed by atoms with Gasteiger partial charge in [-0.2, -0.15) is 20.3 Å². The Kier molecular flexibility index (Phi) is 5.46. The lowest BCUT2D eigenvalue weighted by atomic mass is 10.1. The summed E-state index contributed by atoms with van der Waals surface area (Å²) in [6, 6.07) is 8.39. The molecular weight excluding hydrogens is 386 g/mol. The highest BCUT2D eigenvalue weighted by Crippen LogP contribution is 2.21. The van der Waals surface area contributed by atoms with E-state index in [-0.39, 0.29) is 12.3 Å². The fourth-order valence-corrected chi connectivity index (χ4v) is 3.36. The number of rotatable bonds is 5. The van der Waals surface area contributed by atoms with Gasteiger partial charge in [0.25, 0.3) is 5.91 Å². The average molecular weight is 398 g/mol. The van der Waals surface area contributed by atoms with E-state index in [1.807, 2.05) is 12.1 Å². The summed E-state index contributed by atoms with van der Waals surface area (Å²) in [4.78, 5) is 21.4. The molecule has 10 heteroatoms. The van der Waals surface area contributed by atoms with Crippen LogP contribution in [0.2, 0.25) is 5.02 Å². The summed E-state index contributed by atoms with van der Waals surface area (Å²) >= 11 is 7.21. The van der Waals surface area contributed by atoms with E-state index in [9.17, 15) is 4.79 Å². The first-order chi connectivity index (χ1) is 13.0. The molecule has 8 nitrogen and oxygen atoms in total. The molecule has 1 atom stereocenters. The van der Waals surface area contributed by atoms with Gasteiger partial charge in [-0.05, 0) is 30.7 Å². The van der Waals surface area contributed by atoms with Crippen molar-refractivity contribution in [3.8, 4) is 17.3 Å². The van der Waals surface area contributed by atoms with Crippen LogP contribution >= 0.6 is 22.9 Å². The number of hydrogen-bond donors (Lipinski definition) is 1. The van der Waals surface area contributed by atoms with Crippen LogP contribution in [-0.4, -0.2) is 25.7 Å². The summed E-state index contributed by atoms with van der Waals surface area (Å²) < 4.78 is 1.48. The largest absolute Gasteiger partial charge is 0.342 e. The van der Waals surface area contributed by atoms with Crippen molar-refractivity contribution >= 4 is 28.8 Å². The SMILES string of the molecule is C[C@H](NC(=O)c1cc(Cl)cc(CC#N)c1)c1ncnn1-c1ncc(C#N)s1. The number of hydrogen-bond acceptors (Lipinski definition) is 7. The molecule has 2 aromatic heterocycles. The Morgan fingerprint density at radius 2 is 2.19 bits per heavy atom. The van der Waals surface area contributed by atoms with E-state index < -0.39 is 6.04 Å². The molecule has 134 valence electrons. The van der Waals surface area contributed by atoms with Crippen LogP contribution in [0.4, 0.5) is 0 Å². The highest BCUT2D eigenvalue weighted by atomic mass is 35.5. The van der Waals surface area contributed by atoms with Crippen molar-refractivity contribution in [1.82, 2.24) is 25.1 Å². The minimum absolute atomic E-state index is 0.163. The number of amides is 1. The maximum Gasteiger partial charge on any atom is 0.251 e. The number of carbonyl (C=O) groups is 1. The molecule has 0 bridgehead atoms. The number of thiazole rings is 1. The summed E-state index contributed by atoms with van der Waals surface area (Å²) in [5.41, 5.74) is 1.02. The number of aromatic nitrogens is 4. The number of carbonyl (C=O) groups excluding carboxylic acids is 1. The van der Waals surface area contributed by atoms with E-state index in [2.05, 4.69) is 20.4 Å². The Bertz CT molecular complexity index is 1080. The monoisotopic (exact) mass is 397 g/mol. The summed E-state index contributed by atoms with van der Waals surface area (Å²) in [7, 11) is 0. The van der Waals surface area contributed by atoms with Gasteiger partial charge in [-0.1, -0.05) is 22.9 Å². The zero-order chi connectivity index (χ0) is 19.4. The Hall–Kier alpha value is -3.27. The van der Waals surface area contributed by atoms with Crippen molar-refractivity contribution in [2.45, 2.75) is 19.4 Å². The van der Waals surface area contributed by atoms with Crippen molar-refractivity contribution in [3.63, 3.8) is 0 Å². The lowest BCUT2D eigenvalue weighted by Crippen LogP contribution is -2.28. The van der Waals surface area contributed by atoms with Crippen molar-refractivity contribution in [2.75, 3.05) is 0 Å². The Morgan fingerprint density at radius 1 is 1.37 bits per heavy atom. The molecule has 3 rings (SSSR count). The normalized spacial score (nSPS) is 11.4. The minimum Gasteiger partial charge on any atom is -0.342 e. The minimum atomic E-state index is -0.479. The molecular formula is C17H12ClN7OS. The third-order valence-electron chi connectivity index (χ3n) is 3.60. The quantitative estimate of drug-likeness (QED) is 0.706. The molecule has 27 heavy (non-hydrogen) atoms. The summed E-state index contributed by atoms with van der Waals surface area (Å²) in [5, 5.41) is 25.6. The van der Waals surface area contributed by atoms with Crippen LogP contribution in [0.3, 0.4) is 0 Å². The molecule has 2 heterocycles. The number of nitrogens with one attached hydrogen (secondary N) is 1. The van der Waals surface area contributed by atoms with E-state index >= 15 is 0 Å². The highest BCUT2D eigenvalue weighted by molar-refractivity contribution is 7.14. The Balaban J connectivity index is 1.81. The van der Waals surface area contributed by atoms with Crippen molar-refractivity contribution < 1.29 is 4.79 Å². The molecule has 0 fully saturated rings. The van der Waals surface area contributed by atoms with Crippen LogP contribution in [0, 0.1) is 22.7 Å². The molecule has 0 saturated heterocycles. The topological polar surface area (TPSA) is 120 Å². The fourth-order valence-electron chi connectivity index (χ4n) is 2.43. The molecule has 3 aromatic rings. The van der Waals surface area contributed by atoms with Crippen molar-refractivity contribution in [3.05, 3.63) is 57.6 Å². The van der Waals surface area contributed by atoms with E-state index in [0.29, 0.717) is 32.0 Å². The number of benzene rings is 1. The zero-order valence-corrected chi connectivity index (χ0v) is 15.6. The van der Waals surface area contributed by atoms with Gasteiger partial charge in [-0.15, -0.1) is 0 Å². The van der Waals surface area contributed by atoms with Gasteiger partial charge in [-0.25, -0.2) is 9.97 Å². The second-order valence-electron chi connectivity index (χ2n) is 5.53. The van der Waals surface area contributed by atoms with E-state index in [0.717, 1.165) is 0 Å². The van der Waals surface area contributed by atoms with Crippen molar-refractivity contribution in [2.24, 2.45) is 0 Å². The predicted molar refractivity (Wildman–Crippen MR) is 98.4 cm³/mol. The van der Waals surface area contributed by atoms with Gasteiger partial charge < -0.3 is 5.32 Å². The summed E-state index contributed by atoms with van der Waals surface area (Å²) in [5.74, 6) is 0.122. The molecule has 0 unspecified atom stereocenters. The van der Waals surface area contributed by atoms with Crippen LogP contribution in [-0.2, 0) is 6.42 Å². The highest BCUT2D eigenvalue weighted by Gasteiger charge is 2.19. The maximum absolute atomic E-state index is 12.6. The van der Waals surface area contributed by atoms with Crippen molar-refractivity contribution in [1.29, 1.82) is 10.5 Å². The predicted octanol–water partition coefficient (Wildman–Crippen LogP) is 2.81. The lowest BCUT2D eigenvalue weighted by Gasteiger charge is -2.14. The van der Waals surface area contributed by atoms with Crippen LogP contribution in [0.1, 0.15) is 39.6 Å². The molecule has 0 aliphatic heterocycles. The second-order valence-corrected chi connectivity index (χ2v) is 6.97. The number of halogens is 1. The van der Waals surface area contributed by atoms with Crippen LogP contribution in [0.5, 0.6) is 0 Å². The molecule has 0 aliphatic carbocycles. The van der Waals surface area contributed by atoms with Gasteiger partial charge in [0.05, 0.1) is 24.7 Å². The third-order valence-corrected chi connectivity index (χ3v) is 4.69. The van der Waals surface area contributed by atoms with E-state index in [1.165, 1.54) is 34.6 Å². The number of nitrogens with zero attached hydrogens (tertiary/aromatic N) is 6. The fraction of sp³-hybridized carbons (Fsp3) is 0.176. The lowest BCUT2D eigenvalue weighted by molar-refractivity contribution is 0.0938. The Morgan fingerprint density at radius 3 is 2.89 bits per heavy atom. The summed E-state index contributed by atoms with van der Waals surface area (Å²) in [6.45, 7) is 1.76. The first kappa shape index (κ1) is 18.5. The van der Waals surface area contributed by atoms with Crippen LogP contribution in [0.25, 0.3) is 5.13 Å². The summed E-state index contributed by atoms with van der Waals surface area (Å²) in [6.07, 6.45) is 2.98. The van der Waals surface area contributed by atoms with Gasteiger partial charge in [0.1, 0.15) is 17.3 Å². The molecule has 1 N–H and O–H groups in total. The second kappa shape index (κ2) is 7.96. The molecule has 1 aromatic carbocycles. The van der Waals surface area contributed by atoms with Crippen LogP contribution in [0.15, 0.2) is 30.7 Å². The van der Waals surface area contributed by atoms with Gasteiger partial charge in [0.2, 0.25) is 5.13 Å². The number of nitriles is 2. The zero-order valence-electron chi connectivity index (χ0n) is 14.0. The maximum atomic E-state index is 12.6.